The van der Waals surface area contributed by atoms with Crippen molar-refractivity contribution in [1.29, 1.82) is 0 Å². The summed E-state index contributed by atoms with van der Waals surface area (Å²) in [5.74, 6) is 0. The summed E-state index contributed by atoms with van der Waals surface area (Å²) in [6.45, 7) is 0. The normalized spacial score (nSPS) is 11.6. The van der Waals surface area contributed by atoms with Gasteiger partial charge in [-0.2, -0.15) is 0 Å². The van der Waals surface area contributed by atoms with E-state index < -0.39 is 0 Å². The lowest BCUT2D eigenvalue weighted by Crippen LogP contribution is -2.11. The average molecular weight is 638 g/mol. The van der Waals surface area contributed by atoms with Crippen LogP contribution in [0.3, 0.4) is 0 Å². The van der Waals surface area contributed by atoms with Gasteiger partial charge in [0.1, 0.15) is 11.2 Å². The van der Waals surface area contributed by atoms with Crippen LogP contribution in [-0.2, 0) is 0 Å². The first-order valence-electron chi connectivity index (χ1n) is 17.1. The Morgan fingerprint density at radius 2 is 0.920 bits per heavy atom. The number of fused-ring (bicyclic) bond motifs is 9. The predicted molar refractivity (Wildman–Crippen MR) is 212 cm³/mol. The molecule has 10 aromatic rings. The first-order chi connectivity index (χ1) is 24.8. The lowest BCUT2D eigenvalue weighted by atomic mass is 9.94. The summed E-state index contributed by atoms with van der Waals surface area (Å²) in [5, 5.41) is 9.45. The van der Waals surface area contributed by atoms with Gasteiger partial charge in [-0.05, 0) is 74.0 Å². The molecule has 0 atom stereocenters. The van der Waals surface area contributed by atoms with Crippen molar-refractivity contribution >= 4 is 71.3 Å². The third-order valence-electron chi connectivity index (χ3n) is 10.0. The molecule has 0 aliphatic carbocycles. The third kappa shape index (κ3) is 4.57. The van der Waals surface area contributed by atoms with E-state index in [0.717, 1.165) is 55.5 Å². The molecule has 0 spiro atoms. The van der Waals surface area contributed by atoms with Crippen molar-refractivity contribution in [3.05, 3.63) is 188 Å². The van der Waals surface area contributed by atoms with Gasteiger partial charge in [-0.1, -0.05) is 152 Å². The smallest absolute Gasteiger partial charge is 0.143 e. The predicted octanol–water partition coefficient (Wildman–Crippen LogP) is 13.8. The monoisotopic (exact) mass is 637 g/mol. The molecule has 0 saturated heterocycles. The van der Waals surface area contributed by atoms with E-state index in [1.54, 1.807) is 0 Å². The Morgan fingerprint density at radius 3 is 1.66 bits per heavy atom. The van der Waals surface area contributed by atoms with Gasteiger partial charge in [-0.3, -0.25) is 0 Å². The fourth-order valence-electron chi connectivity index (χ4n) is 7.65. The Hall–Kier alpha value is -6.64. The van der Waals surface area contributed by atoms with Crippen molar-refractivity contribution < 1.29 is 4.42 Å². The van der Waals surface area contributed by atoms with Gasteiger partial charge >= 0.3 is 0 Å². The van der Waals surface area contributed by atoms with Crippen LogP contribution in [0.1, 0.15) is 0 Å². The molecule has 0 aliphatic heterocycles. The second-order valence-corrected chi connectivity index (χ2v) is 12.9. The molecule has 234 valence electrons. The molecule has 0 aliphatic rings. The van der Waals surface area contributed by atoms with Gasteiger partial charge in [0.15, 0.2) is 0 Å². The van der Waals surface area contributed by atoms with E-state index in [9.17, 15) is 0 Å². The minimum absolute atomic E-state index is 0.864. The van der Waals surface area contributed by atoms with Gasteiger partial charge in [-0.15, -0.1) is 0 Å². The van der Waals surface area contributed by atoms with Crippen LogP contribution >= 0.6 is 0 Å². The van der Waals surface area contributed by atoms with Crippen molar-refractivity contribution in [2.75, 3.05) is 4.90 Å². The second kappa shape index (κ2) is 11.5. The highest BCUT2D eigenvalue weighted by Crippen LogP contribution is 2.48. The SMILES string of the molecule is c1ccc(-c2ccc(N(c3ccc4ccccc4c3)c3cc4oc5c6ccccc6c6ccccc6c5c4cc3-c3ccccc3)cc2)cc1. The van der Waals surface area contributed by atoms with Crippen LogP contribution in [0.4, 0.5) is 17.1 Å². The number of hydrogen-bond acceptors (Lipinski definition) is 2. The quantitative estimate of drug-likeness (QED) is 0.175. The molecular formula is C48H31NO. The largest absolute Gasteiger partial charge is 0.455 e. The molecule has 0 unspecified atom stereocenters. The molecule has 9 aromatic carbocycles. The highest BCUT2D eigenvalue weighted by Gasteiger charge is 2.23. The second-order valence-electron chi connectivity index (χ2n) is 12.9. The van der Waals surface area contributed by atoms with Crippen LogP contribution in [0.25, 0.3) is 76.5 Å². The minimum Gasteiger partial charge on any atom is -0.455 e. The molecule has 1 heterocycles. The van der Waals surface area contributed by atoms with E-state index in [-0.39, 0.29) is 0 Å². The average Bonchev–Trinajstić information content (AvgIpc) is 3.58. The first-order valence-corrected chi connectivity index (χ1v) is 17.1. The van der Waals surface area contributed by atoms with Gasteiger partial charge in [0.25, 0.3) is 0 Å². The van der Waals surface area contributed by atoms with Crippen molar-refractivity contribution in [3.63, 3.8) is 0 Å². The number of hydrogen-bond donors (Lipinski definition) is 0. The lowest BCUT2D eigenvalue weighted by molar-refractivity contribution is 0.673. The van der Waals surface area contributed by atoms with E-state index in [4.69, 9.17) is 4.42 Å². The van der Waals surface area contributed by atoms with Crippen molar-refractivity contribution in [2.24, 2.45) is 0 Å². The number of nitrogens with zero attached hydrogens (tertiary/aromatic N) is 1. The van der Waals surface area contributed by atoms with E-state index in [1.807, 2.05) is 0 Å². The first kappa shape index (κ1) is 28.4. The van der Waals surface area contributed by atoms with Crippen LogP contribution in [0.2, 0.25) is 0 Å². The molecule has 2 heteroatoms. The van der Waals surface area contributed by atoms with Gasteiger partial charge in [-0.25, -0.2) is 0 Å². The molecule has 1 aromatic heterocycles. The number of furan rings is 1. The van der Waals surface area contributed by atoms with Gasteiger partial charge in [0.05, 0.1) is 5.69 Å². The molecule has 10 rings (SSSR count). The molecule has 0 amide bonds. The fourth-order valence-corrected chi connectivity index (χ4v) is 7.65. The number of rotatable bonds is 5. The van der Waals surface area contributed by atoms with Crippen LogP contribution in [0.15, 0.2) is 192 Å². The summed E-state index contributed by atoms with van der Waals surface area (Å²) in [5.41, 5.74) is 9.67. The highest BCUT2D eigenvalue weighted by molar-refractivity contribution is 6.30. The lowest BCUT2D eigenvalue weighted by Gasteiger charge is -2.28. The number of anilines is 3. The van der Waals surface area contributed by atoms with Crippen LogP contribution < -0.4 is 4.90 Å². The maximum absolute atomic E-state index is 6.95. The molecule has 2 nitrogen and oxygen atoms in total. The summed E-state index contributed by atoms with van der Waals surface area (Å²) < 4.78 is 6.95. The van der Waals surface area contributed by atoms with Gasteiger partial charge in [0.2, 0.25) is 0 Å². The fraction of sp³-hybridized carbons (Fsp3) is 0. The maximum atomic E-state index is 6.95. The zero-order valence-corrected chi connectivity index (χ0v) is 27.3. The van der Waals surface area contributed by atoms with Crippen molar-refractivity contribution in [1.82, 2.24) is 0 Å². The van der Waals surface area contributed by atoms with Crippen LogP contribution in [0.5, 0.6) is 0 Å². The number of benzene rings is 9. The summed E-state index contributed by atoms with van der Waals surface area (Å²) in [7, 11) is 0. The van der Waals surface area contributed by atoms with Gasteiger partial charge < -0.3 is 9.32 Å². The Bertz CT molecular complexity index is 2850. The Kier molecular flexibility index (Phi) is 6.53. The zero-order chi connectivity index (χ0) is 33.0. The Morgan fingerprint density at radius 1 is 0.360 bits per heavy atom. The van der Waals surface area contributed by atoms with Gasteiger partial charge in [0, 0.05) is 39.2 Å². The zero-order valence-electron chi connectivity index (χ0n) is 27.3. The molecule has 0 N–H and O–H groups in total. The van der Waals surface area contributed by atoms with E-state index in [0.29, 0.717) is 0 Å². The summed E-state index contributed by atoms with van der Waals surface area (Å²) in [4.78, 5) is 2.38. The van der Waals surface area contributed by atoms with E-state index in [1.165, 1.54) is 38.1 Å². The summed E-state index contributed by atoms with van der Waals surface area (Å²) in [6, 6.07) is 67.4. The van der Waals surface area contributed by atoms with Crippen LogP contribution in [-0.4, -0.2) is 0 Å². The molecule has 50 heavy (non-hydrogen) atoms. The summed E-state index contributed by atoms with van der Waals surface area (Å²) in [6.07, 6.45) is 0. The molecule has 0 radical (unpaired) electrons. The topological polar surface area (TPSA) is 16.4 Å². The van der Waals surface area contributed by atoms with Crippen molar-refractivity contribution in [2.45, 2.75) is 0 Å². The Balaban J connectivity index is 1.29. The van der Waals surface area contributed by atoms with E-state index in [2.05, 4.69) is 193 Å². The van der Waals surface area contributed by atoms with Crippen LogP contribution in [0, 0.1) is 0 Å². The van der Waals surface area contributed by atoms with Crippen molar-refractivity contribution in [3.8, 4) is 22.3 Å². The summed E-state index contributed by atoms with van der Waals surface area (Å²) >= 11 is 0. The molecule has 0 saturated carbocycles. The molecule has 0 bridgehead atoms. The third-order valence-corrected chi connectivity index (χ3v) is 10.0. The molecular weight excluding hydrogens is 607 g/mol. The highest BCUT2D eigenvalue weighted by atomic mass is 16.3. The van der Waals surface area contributed by atoms with E-state index >= 15 is 0 Å². The molecule has 0 fully saturated rings. The standard InChI is InChI=1S/C48H31NO/c1-3-13-32(14-4-1)34-23-26-37(27-24-34)49(38-28-25-33-15-7-8-18-36(33)29-38)45-31-46-44(30-43(45)35-16-5-2-6-17-35)47-41-21-11-9-19-39(41)40-20-10-12-22-42(40)48(47)50-46/h1-31H. The minimum atomic E-state index is 0.864. The Labute approximate surface area is 290 Å². The maximum Gasteiger partial charge on any atom is 0.143 e.